The summed E-state index contributed by atoms with van der Waals surface area (Å²) >= 11 is 0. The average Bonchev–Trinajstić information content (AvgIpc) is 2.45. The first-order valence-corrected chi connectivity index (χ1v) is 7.05. The molecule has 0 fully saturated rings. The molecule has 21 heavy (non-hydrogen) atoms. The van der Waals surface area contributed by atoms with E-state index in [9.17, 15) is 4.79 Å². The number of nitrogens with zero attached hydrogens (tertiary/aromatic N) is 1. The number of aryl methyl sites for hydroxylation is 1. The molecule has 1 aliphatic heterocycles. The standard InChI is InChI=1S/C16H18N2O3/c1-9(2)14-10(3)17-15(18-16(14)19)13-8-20-11-6-4-5-7-12(11)21-13/h4-7,9,13H,8H2,1-3H3,(H,17,18,19). The van der Waals surface area contributed by atoms with Gasteiger partial charge in [-0.1, -0.05) is 26.0 Å². The molecule has 0 amide bonds. The molecule has 2 aromatic rings. The molecule has 2 heterocycles. The van der Waals surface area contributed by atoms with Crippen LogP contribution < -0.4 is 15.0 Å². The van der Waals surface area contributed by atoms with Gasteiger partial charge in [-0.25, -0.2) is 4.98 Å². The highest BCUT2D eigenvalue weighted by Crippen LogP contribution is 2.34. The summed E-state index contributed by atoms with van der Waals surface area (Å²) in [5.41, 5.74) is 1.36. The van der Waals surface area contributed by atoms with Crippen LogP contribution >= 0.6 is 0 Å². The van der Waals surface area contributed by atoms with E-state index in [0.717, 1.165) is 11.3 Å². The third kappa shape index (κ3) is 2.51. The smallest absolute Gasteiger partial charge is 0.254 e. The molecule has 110 valence electrons. The summed E-state index contributed by atoms with van der Waals surface area (Å²) in [4.78, 5) is 19.5. The molecule has 0 saturated carbocycles. The fraction of sp³-hybridized carbons (Fsp3) is 0.375. The number of hydrogen-bond acceptors (Lipinski definition) is 4. The lowest BCUT2D eigenvalue weighted by molar-refractivity contribution is 0.0847. The van der Waals surface area contributed by atoms with Crippen molar-refractivity contribution in [1.82, 2.24) is 9.97 Å². The van der Waals surface area contributed by atoms with Gasteiger partial charge in [0.25, 0.3) is 5.56 Å². The van der Waals surface area contributed by atoms with Gasteiger partial charge in [0.2, 0.25) is 0 Å². The number of ether oxygens (including phenoxy) is 2. The molecule has 0 bridgehead atoms. The Labute approximate surface area is 123 Å². The molecule has 0 spiro atoms. The Balaban J connectivity index is 1.94. The fourth-order valence-corrected chi connectivity index (χ4v) is 2.60. The van der Waals surface area contributed by atoms with Crippen molar-refractivity contribution < 1.29 is 9.47 Å². The maximum atomic E-state index is 12.2. The lowest BCUT2D eigenvalue weighted by Crippen LogP contribution is -2.28. The molecule has 1 aliphatic rings. The van der Waals surface area contributed by atoms with Gasteiger partial charge in [0.1, 0.15) is 6.61 Å². The maximum Gasteiger partial charge on any atom is 0.254 e. The number of rotatable bonds is 2. The Morgan fingerprint density at radius 3 is 2.67 bits per heavy atom. The molecule has 3 rings (SSSR count). The number of H-pyrrole nitrogens is 1. The molecular weight excluding hydrogens is 268 g/mol. The van der Waals surface area contributed by atoms with Crippen LogP contribution in [0, 0.1) is 6.92 Å². The fourth-order valence-electron chi connectivity index (χ4n) is 2.60. The maximum absolute atomic E-state index is 12.2. The number of aromatic amines is 1. The monoisotopic (exact) mass is 286 g/mol. The Morgan fingerprint density at radius 2 is 2.00 bits per heavy atom. The minimum atomic E-state index is -0.396. The molecule has 1 unspecified atom stereocenters. The highest BCUT2D eigenvalue weighted by molar-refractivity contribution is 5.41. The lowest BCUT2D eigenvalue weighted by atomic mass is 10.0. The van der Waals surface area contributed by atoms with Crippen LogP contribution in [-0.4, -0.2) is 16.6 Å². The van der Waals surface area contributed by atoms with Gasteiger partial charge < -0.3 is 14.5 Å². The van der Waals surface area contributed by atoms with Crippen LogP contribution in [-0.2, 0) is 0 Å². The van der Waals surface area contributed by atoms with Crippen LogP contribution in [0.3, 0.4) is 0 Å². The highest BCUT2D eigenvalue weighted by Gasteiger charge is 2.25. The Bertz CT molecular complexity index is 722. The lowest BCUT2D eigenvalue weighted by Gasteiger charge is -2.26. The van der Waals surface area contributed by atoms with E-state index in [1.165, 1.54) is 0 Å². The Morgan fingerprint density at radius 1 is 1.29 bits per heavy atom. The van der Waals surface area contributed by atoms with Crippen LogP contribution in [0.25, 0.3) is 0 Å². The van der Waals surface area contributed by atoms with Crippen LogP contribution in [0.15, 0.2) is 29.1 Å². The summed E-state index contributed by atoms with van der Waals surface area (Å²) < 4.78 is 11.5. The predicted octanol–water partition coefficient (Wildman–Crippen LogP) is 2.71. The van der Waals surface area contributed by atoms with E-state index in [0.29, 0.717) is 23.9 Å². The summed E-state index contributed by atoms with van der Waals surface area (Å²) in [5, 5.41) is 0. The van der Waals surface area contributed by atoms with Crippen molar-refractivity contribution in [2.24, 2.45) is 0 Å². The first kappa shape index (κ1) is 13.7. The van der Waals surface area contributed by atoms with Crippen LogP contribution in [0.5, 0.6) is 11.5 Å². The van der Waals surface area contributed by atoms with Crippen molar-refractivity contribution >= 4 is 0 Å². The van der Waals surface area contributed by atoms with Crippen LogP contribution in [0.2, 0.25) is 0 Å². The van der Waals surface area contributed by atoms with Gasteiger partial charge in [0.05, 0.1) is 0 Å². The molecule has 5 nitrogen and oxygen atoms in total. The zero-order valence-corrected chi connectivity index (χ0v) is 12.3. The second kappa shape index (κ2) is 5.24. The van der Waals surface area contributed by atoms with Gasteiger partial charge in [-0.15, -0.1) is 0 Å². The third-order valence-electron chi connectivity index (χ3n) is 3.56. The van der Waals surface area contributed by atoms with Crippen molar-refractivity contribution in [1.29, 1.82) is 0 Å². The first-order valence-electron chi connectivity index (χ1n) is 7.05. The van der Waals surface area contributed by atoms with Crippen molar-refractivity contribution in [2.75, 3.05) is 6.61 Å². The summed E-state index contributed by atoms with van der Waals surface area (Å²) in [6.45, 7) is 6.15. The molecule has 1 aromatic carbocycles. The summed E-state index contributed by atoms with van der Waals surface area (Å²) in [7, 11) is 0. The molecule has 1 aromatic heterocycles. The average molecular weight is 286 g/mol. The SMILES string of the molecule is Cc1nc(C2COc3ccccc3O2)[nH]c(=O)c1C(C)C. The second-order valence-corrected chi connectivity index (χ2v) is 5.47. The van der Waals surface area contributed by atoms with E-state index >= 15 is 0 Å². The number of fused-ring (bicyclic) bond motifs is 1. The van der Waals surface area contributed by atoms with Crippen LogP contribution in [0.1, 0.15) is 43.0 Å². The number of hydrogen-bond donors (Lipinski definition) is 1. The van der Waals surface area contributed by atoms with E-state index in [-0.39, 0.29) is 11.5 Å². The minimum Gasteiger partial charge on any atom is -0.485 e. The number of para-hydroxylation sites is 2. The quantitative estimate of drug-likeness (QED) is 0.922. The summed E-state index contributed by atoms with van der Waals surface area (Å²) in [6.07, 6.45) is -0.396. The van der Waals surface area contributed by atoms with E-state index in [1.807, 2.05) is 45.0 Å². The normalized spacial score (nSPS) is 17.0. The molecule has 0 radical (unpaired) electrons. The topological polar surface area (TPSA) is 64.2 Å². The number of benzene rings is 1. The molecule has 0 saturated heterocycles. The van der Waals surface area contributed by atoms with Gasteiger partial charge in [-0.2, -0.15) is 0 Å². The van der Waals surface area contributed by atoms with Gasteiger partial charge in [0.15, 0.2) is 23.4 Å². The van der Waals surface area contributed by atoms with Crippen molar-refractivity contribution in [2.45, 2.75) is 32.8 Å². The molecule has 1 N–H and O–H groups in total. The minimum absolute atomic E-state index is 0.102. The van der Waals surface area contributed by atoms with Gasteiger partial charge in [0, 0.05) is 11.3 Å². The molecule has 1 atom stereocenters. The molecule has 0 aliphatic carbocycles. The van der Waals surface area contributed by atoms with Crippen molar-refractivity contribution in [3.8, 4) is 11.5 Å². The zero-order valence-electron chi connectivity index (χ0n) is 12.3. The van der Waals surface area contributed by atoms with E-state index < -0.39 is 6.10 Å². The van der Waals surface area contributed by atoms with Crippen LogP contribution in [0.4, 0.5) is 0 Å². The van der Waals surface area contributed by atoms with Gasteiger partial charge >= 0.3 is 0 Å². The molecular formula is C16H18N2O3. The Hall–Kier alpha value is -2.30. The van der Waals surface area contributed by atoms with Crippen molar-refractivity contribution in [3.63, 3.8) is 0 Å². The van der Waals surface area contributed by atoms with Crippen molar-refractivity contribution in [3.05, 3.63) is 51.7 Å². The van der Waals surface area contributed by atoms with E-state index in [4.69, 9.17) is 9.47 Å². The first-order chi connectivity index (χ1) is 10.1. The largest absolute Gasteiger partial charge is 0.485 e. The highest BCUT2D eigenvalue weighted by atomic mass is 16.6. The van der Waals surface area contributed by atoms with Gasteiger partial charge in [-0.3, -0.25) is 4.79 Å². The van der Waals surface area contributed by atoms with E-state index in [1.54, 1.807) is 0 Å². The Kier molecular flexibility index (Phi) is 3.41. The van der Waals surface area contributed by atoms with Gasteiger partial charge in [-0.05, 0) is 25.0 Å². The zero-order chi connectivity index (χ0) is 15.0. The summed E-state index contributed by atoms with van der Waals surface area (Å²) in [5.74, 6) is 2.03. The predicted molar refractivity (Wildman–Crippen MR) is 79.0 cm³/mol. The molecule has 5 heteroatoms. The summed E-state index contributed by atoms with van der Waals surface area (Å²) in [6, 6.07) is 7.47. The number of nitrogens with one attached hydrogen (secondary N) is 1. The second-order valence-electron chi connectivity index (χ2n) is 5.47. The third-order valence-corrected chi connectivity index (χ3v) is 3.56. The van der Waals surface area contributed by atoms with E-state index in [2.05, 4.69) is 9.97 Å². The number of aromatic nitrogens is 2.